The van der Waals surface area contributed by atoms with Crippen LogP contribution < -0.4 is 9.64 Å². The summed E-state index contributed by atoms with van der Waals surface area (Å²) in [5.74, 6) is -1.06. The number of anilines is 1. The summed E-state index contributed by atoms with van der Waals surface area (Å²) in [6.45, 7) is -0.470. The summed E-state index contributed by atoms with van der Waals surface area (Å²) in [5.41, 5.74) is 2.48. The standard InChI is InChI=1S/C21H19N3O4S2/c1-23(2)16-9-7-14(8-10-16)12-22-24-20(27)18(30-21(24)29)11-15-5-3-4-6-17(15)28-13-19(25)26/h3-12H,13H2,1-2H3,(H,25,26). The third-order valence-electron chi connectivity index (χ3n) is 4.06. The van der Waals surface area contributed by atoms with Crippen molar-refractivity contribution in [2.24, 2.45) is 5.10 Å². The molecule has 1 aliphatic heterocycles. The van der Waals surface area contributed by atoms with E-state index in [0.29, 0.717) is 20.5 Å². The molecule has 30 heavy (non-hydrogen) atoms. The number of thiocarbonyl (C=S) groups is 1. The van der Waals surface area contributed by atoms with Crippen molar-refractivity contribution in [2.75, 3.05) is 25.6 Å². The Kier molecular flexibility index (Phi) is 6.86. The monoisotopic (exact) mass is 441 g/mol. The number of amides is 1. The van der Waals surface area contributed by atoms with E-state index in [1.54, 1.807) is 36.6 Å². The number of aliphatic carboxylic acids is 1. The molecule has 1 saturated heterocycles. The number of carbonyl (C=O) groups excluding carboxylic acids is 1. The molecular weight excluding hydrogens is 422 g/mol. The van der Waals surface area contributed by atoms with Crippen LogP contribution in [0.5, 0.6) is 5.75 Å². The van der Waals surface area contributed by atoms with Gasteiger partial charge in [0.1, 0.15) is 5.75 Å². The summed E-state index contributed by atoms with van der Waals surface area (Å²) in [4.78, 5) is 25.9. The SMILES string of the molecule is CN(C)c1ccc(C=NN2C(=O)C(=Cc3ccccc3OCC(=O)O)SC2=S)cc1. The zero-order valence-electron chi connectivity index (χ0n) is 16.3. The Bertz CT molecular complexity index is 1030. The molecule has 0 spiro atoms. The van der Waals surface area contributed by atoms with Crippen LogP contribution in [0.2, 0.25) is 0 Å². The summed E-state index contributed by atoms with van der Waals surface area (Å²) in [5, 5.41) is 14.2. The molecule has 1 heterocycles. The van der Waals surface area contributed by atoms with E-state index in [9.17, 15) is 9.59 Å². The van der Waals surface area contributed by atoms with Gasteiger partial charge in [-0.2, -0.15) is 10.1 Å². The maximum atomic E-state index is 12.8. The first-order valence-electron chi connectivity index (χ1n) is 8.88. The molecule has 1 amide bonds. The number of para-hydroxylation sites is 1. The van der Waals surface area contributed by atoms with Crippen molar-refractivity contribution in [1.82, 2.24) is 5.01 Å². The number of hydrogen-bond acceptors (Lipinski definition) is 7. The summed E-state index contributed by atoms with van der Waals surface area (Å²) < 4.78 is 5.60. The maximum absolute atomic E-state index is 12.8. The zero-order valence-corrected chi connectivity index (χ0v) is 17.9. The number of rotatable bonds is 7. The fraction of sp³-hybridized carbons (Fsp3) is 0.143. The lowest BCUT2D eigenvalue weighted by molar-refractivity contribution is -0.139. The van der Waals surface area contributed by atoms with Gasteiger partial charge in [0.25, 0.3) is 5.91 Å². The molecule has 154 valence electrons. The predicted molar refractivity (Wildman–Crippen MR) is 123 cm³/mol. The number of thioether (sulfide) groups is 1. The number of carboxylic acid groups (broad SMARTS) is 1. The minimum Gasteiger partial charge on any atom is -0.481 e. The van der Waals surface area contributed by atoms with Crippen molar-refractivity contribution < 1.29 is 19.4 Å². The molecule has 0 atom stereocenters. The van der Waals surface area contributed by atoms with E-state index in [0.717, 1.165) is 23.0 Å². The van der Waals surface area contributed by atoms with E-state index in [-0.39, 0.29) is 5.91 Å². The Labute approximate surface area is 183 Å². The van der Waals surface area contributed by atoms with Crippen LogP contribution in [0.4, 0.5) is 5.69 Å². The fourth-order valence-corrected chi connectivity index (χ4v) is 3.72. The third-order valence-corrected chi connectivity index (χ3v) is 5.34. The van der Waals surface area contributed by atoms with Crippen molar-refractivity contribution in [2.45, 2.75) is 0 Å². The molecule has 7 nitrogen and oxygen atoms in total. The molecule has 3 rings (SSSR count). The van der Waals surface area contributed by atoms with Crippen molar-refractivity contribution in [3.8, 4) is 5.75 Å². The van der Waals surface area contributed by atoms with E-state index in [1.807, 2.05) is 43.3 Å². The molecule has 9 heteroatoms. The van der Waals surface area contributed by atoms with E-state index in [4.69, 9.17) is 22.1 Å². The van der Waals surface area contributed by atoms with Crippen LogP contribution >= 0.6 is 24.0 Å². The van der Waals surface area contributed by atoms with Gasteiger partial charge in [-0.1, -0.05) is 42.1 Å². The lowest BCUT2D eigenvalue weighted by Gasteiger charge is -2.12. The molecular formula is C21H19N3O4S2. The molecule has 0 aromatic heterocycles. The van der Waals surface area contributed by atoms with Gasteiger partial charge in [-0.05, 0) is 42.1 Å². The highest BCUT2D eigenvalue weighted by atomic mass is 32.2. The second-order valence-corrected chi connectivity index (χ2v) is 8.12. The van der Waals surface area contributed by atoms with Gasteiger partial charge in [-0.3, -0.25) is 4.79 Å². The van der Waals surface area contributed by atoms with Crippen LogP contribution in [0.3, 0.4) is 0 Å². The highest BCUT2D eigenvalue weighted by Crippen LogP contribution is 2.34. The minimum atomic E-state index is -1.08. The lowest BCUT2D eigenvalue weighted by atomic mass is 10.2. The van der Waals surface area contributed by atoms with Gasteiger partial charge in [0.2, 0.25) is 0 Å². The number of benzene rings is 2. The Morgan fingerprint density at radius 3 is 2.60 bits per heavy atom. The Morgan fingerprint density at radius 1 is 1.23 bits per heavy atom. The second-order valence-electron chi connectivity index (χ2n) is 6.44. The molecule has 1 aliphatic rings. The predicted octanol–water partition coefficient (Wildman–Crippen LogP) is 3.45. The van der Waals surface area contributed by atoms with Crippen molar-refractivity contribution >= 4 is 58.2 Å². The first-order valence-corrected chi connectivity index (χ1v) is 10.1. The van der Waals surface area contributed by atoms with Gasteiger partial charge in [0, 0.05) is 25.3 Å². The highest BCUT2D eigenvalue weighted by molar-refractivity contribution is 8.26. The first kappa shape index (κ1) is 21.5. The fourth-order valence-electron chi connectivity index (χ4n) is 2.55. The van der Waals surface area contributed by atoms with Gasteiger partial charge in [-0.15, -0.1) is 0 Å². The molecule has 1 N–H and O–H groups in total. The van der Waals surface area contributed by atoms with Gasteiger partial charge in [0.15, 0.2) is 10.9 Å². The van der Waals surface area contributed by atoms with Crippen LogP contribution in [0.25, 0.3) is 6.08 Å². The first-order chi connectivity index (χ1) is 14.3. The van der Waals surface area contributed by atoms with Crippen LogP contribution in [0, 0.1) is 0 Å². The van der Waals surface area contributed by atoms with E-state index in [1.165, 1.54) is 5.01 Å². The average molecular weight is 442 g/mol. The molecule has 0 saturated carbocycles. The number of nitrogens with zero attached hydrogens (tertiary/aromatic N) is 3. The Balaban J connectivity index is 1.77. The van der Waals surface area contributed by atoms with Crippen LogP contribution in [-0.4, -0.2) is 53.2 Å². The molecule has 2 aromatic rings. The Morgan fingerprint density at radius 2 is 1.93 bits per heavy atom. The van der Waals surface area contributed by atoms with Gasteiger partial charge in [-0.25, -0.2) is 4.79 Å². The highest BCUT2D eigenvalue weighted by Gasteiger charge is 2.32. The van der Waals surface area contributed by atoms with Crippen molar-refractivity contribution in [3.05, 3.63) is 64.6 Å². The number of hydrazone groups is 1. The van der Waals surface area contributed by atoms with E-state index < -0.39 is 12.6 Å². The van der Waals surface area contributed by atoms with E-state index >= 15 is 0 Å². The smallest absolute Gasteiger partial charge is 0.341 e. The summed E-state index contributed by atoms with van der Waals surface area (Å²) in [6, 6.07) is 14.6. The number of carbonyl (C=O) groups is 2. The molecule has 2 aromatic carbocycles. The van der Waals surface area contributed by atoms with E-state index in [2.05, 4.69) is 5.10 Å². The third kappa shape index (κ3) is 5.25. The molecule has 1 fully saturated rings. The van der Waals surface area contributed by atoms with Gasteiger partial charge >= 0.3 is 5.97 Å². The van der Waals surface area contributed by atoms with Crippen LogP contribution in [0.1, 0.15) is 11.1 Å². The molecule has 0 unspecified atom stereocenters. The number of carboxylic acids is 1. The van der Waals surface area contributed by atoms with Crippen LogP contribution in [-0.2, 0) is 9.59 Å². The quantitative estimate of drug-likeness (QED) is 0.400. The topological polar surface area (TPSA) is 82.4 Å². The second kappa shape index (κ2) is 9.55. The normalized spacial score (nSPS) is 15.3. The number of hydrogen-bond donors (Lipinski definition) is 1. The summed E-state index contributed by atoms with van der Waals surface area (Å²) >= 11 is 6.43. The van der Waals surface area contributed by atoms with Crippen molar-refractivity contribution in [1.29, 1.82) is 0 Å². The largest absolute Gasteiger partial charge is 0.481 e. The minimum absolute atomic E-state index is 0.316. The van der Waals surface area contributed by atoms with Gasteiger partial charge < -0.3 is 14.7 Å². The maximum Gasteiger partial charge on any atom is 0.341 e. The summed E-state index contributed by atoms with van der Waals surface area (Å²) in [7, 11) is 3.92. The molecule has 0 aliphatic carbocycles. The van der Waals surface area contributed by atoms with Gasteiger partial charge in [0.05, 0.1) is 11.1 Å². The molecule has 0 bridgehead atoms. The average Bonchev–Trinajstić information content (AvgIpc) is 2.98. The van der Waals surface area contributed by atoms with Crippen molar-refractivity contribution in [3.63, 3.8) is 0 Å². The zero-order chi connectivity index (χ0) is 21.7. The Hall–Kier alpha value is -3.17. The molecule has 0 radical (unpaired) electrons. The number of ether oxygens (including phenoxy) is 1. The summed E-state index contributed by atoms with van der Waals surface area (Å²) in [6.07, 6.45) is 3.20. The van der Waals surface area contributed by atoms with Crippen LogP contribution in [0.15, 0.2) is 58.5 Å². The lowest BCUT2D eigenvalue weighted by Crippen LogP contribution is -2.22.